The summed E-state index contributed by atoms with van der Waals surface area (Å²) >= 11 is 0. The maximum atomic E-state index is 12.2. The topological polar surface area (TPSA) is 72.8 Å². The second-order valence-electron chi connectivity index (χ2n) is 17.9. The molecule has 0 fully saturated rings. The van der Waals surface area contributed by atoms with Gasteiger partial charge in [0.1, 0.15) is 6.61 Å². The molecule has 5 heteroatoms. The number of hydrogen-bond acceptors (Lipinski definition) is 5. The van der Waals surface area contributed by atoms with Crippen molar-refractivity contribution in [3.05, 3.63) is 0 Å². The number of hydrogen-bond donors (Lipinski definition) is 1. The third-order valence-corrected chi connectivity index (χ3v) is 11.3. The summed E-state index contributed by atoms with van der Waals surface area (Å²) in [6, 6.07) is 0. The van der Waals surface area contributed by atoms with Crippen LogP contribution in [-0.2, 0) is 19.1 Å². The summed E-state index contributed by atoms with van der Waals surface area (Å²) in [6.45, 7) is 8.92. The van der Waals surface area contributed by atoms with Gasteiger partial charge in [-0.3, -0.25) is 9.59 Å². The van der Waals surface area contributed by atoms with E-state index in [9.17, 15) is 14.7 Å². The van der Waals surface area contributed by atoms with Gasteiger partial charge in [-0.1, -0.05) is 246 Å². The molecule has 1 N–H and O–H groups in total. The van der Waals surface area contributed by atoms with Gasteiger partial charge in [0.2, 0.25) is 0 Å². The number of carbonyl (C=O) groups is 2. The first kappa shape index (κ1) is 52.9. The minimum Gasteiger partial charge on any atom is -0.462 e. The van der Waals surface area contributed by atoms with E-state index in [1.165, 1.54) is 199 Å². The van der Waals surface area contributed by atoms with Gasteiger partial charge in [-0.15, -0.1) is 0 Å². The zero-order valence-corrected chi connectivity index (χ0v) is 37.1. The van der Waals surface area contributed by atoms with Gasteiger partial charge in [0.25, 0.3) is 0 Å². The molecule has 322 valence electrons. The maximum absolute atomic E-state index is 12.2. The van der Waals surface area contributed by atoms with E-state index in [1.54, 1.807) is 0 Å². The van der Waals surface area contributed by atoms with E-state index in [2.05, 4.69) is 27.7 Å². The quantitative estimate of drug-likeness (QED) is 0.0494. The smallest absolute Gasteiger partial charge is 0.306 e. The van der Waals surface area contributed by atoms with Crippen molar-refractivity contribution in [1.82, 2.24) is 0 Å². The molecule has 0 aliphatic heterocycles. The number of carbonyl (C=O) groups excluding carboxylic acids is 2. The van der Waals surface area contributed by atoms with Crippen molar-refractivity contribution in [2.24, 2.45) is 11.8 Å². The summed E-state index contributed by atoms with van der Waals surface area (Å²) in [5.41, 5.74) is 0. The van der Waals surface area contributed by atoms with Crippen LogP contribution in [-0.4, -0.2) is 36.4 Å². The molecule has 0 saturated heterocycles. The van der Waals surface area contributed by atoms with Crippen LogP contribution in [0.5, 0.6) is 0 Å². The fourth-order valence-electron chi connectivity index (χ4n) is 7.57. The summed E-state index contributed by atoms with van der Waals surface area (Å²) in [4.78, 5) is 24.4. The number of aliphatic hydroxyl groups excluding tert-OH is 1. The normalized spacial score (nSPS) is 12.2. The zero-order valence-electron chi connectivity index (χ0n) is 37.1. The number of aliphatic hydroxyl groups is 1. The lowest BCUT2D eigenvalue weighted by atomic mass is 10.0. The minimum atomic E-state index is -0.764. The Kier molecular flexibility index (Phi) is 42.2. The van der Waals surface area contributed by atoms with Crippen LogP contribution in [0, 0.1) is 11.8 Å². The zero-order chi connectivity index (χ0) is 39.6. The Morgan fingerprint density at radius 1 is 0.370 bits per heavy atom. The Bertz CT molecular complexity index is 765. The van der Waals surface area contributed by atoms with Gasteiger partial charge in [-0.25, -0.2) is 0 Å². The molecule has 0 amide bonds. The van der Waals surface area contributed by atoms with E-state index >= 15 is 0 Å². The number of unbranched alkanes of at least 4 members (excludes halogenated alkanes) is 32. The monoisotopic (exact) mass is 765 g/mol. The van der Waals surface area contributed by atoms with Crippen LogP contribution in [0.4, 0.5) is 0 Å². The standard InChI is InChI=1S/C49H96O5/c1-45(2)39-35-31-27-23-19-15-11-7-5-6-8-13-17-21-25-29-33-37-41-48(51)53-44-47(43-50)54-49(52)42-38-34-30-26-22-18-14-10-9-12-16-20-24-28-32-36-40-46(3)4/h45-47,50H,5-44H2,1-4H3/t47-/m0/s1. The molecule has 54 heavy (non-hydrogen) atoms. The molecule has 0 aromatic carbocycles. The largest absolute Gasteiger partial charge is 0.462 e. The molecule has 0 heterocycles. The number of ether oxygens (including phenoxy) is 2. The molecule has 0 aromatic heterocycles. The van der Waals surface area contributed by atoms with Crippen LogP contribution in [0.25, 0.3) is 0 Å². The lowest BCUT2D eigenvalue weighted by Gasteiger charge is -2.15. The van der Waals surface area contributed by atoms with Crippen LogP contribution in [0.3, 0.4) is 0 Å². The first-order valence-electron chi connectivity index (χ1n) is 24.3. The van der Waals surface area contributed by atoms with Crippen molar-refractivity contribution in [2.45, 2.75) is 278 Å². The van der Waals surface area contributed by atoms with E-state index in [0.717, 1.165) is 43.9 Å². The van der Waals surface area contributed by atoms with Crippen LogP contribution < -0.4 is 0 Å². The highest BCUT2D eigenvalue weighted by Gasteiger charge is 2.16. The predicted molar refractivity (Wildman–Crippen MR) is 233 cm³/mol. The fourth-order valence-corrected chi connectivity index (χ4v) is 7.57. The first-order chi connectivity index (χ1) is 26.3. The number of rotatable bonds is 44. The van der Waals surface area contributed by atoms with Crippen LogP contribution in [0.2, 0.25) is 0 Å². The summed E-state index contributed by atoms with van der Waals surface area (Å²) in [5, 5.41) is 9.61. The lowest BCUT2D eigenvalue weighted by Crippen LogP contribution is -2.28. The van der Waals surface area contributed by atoms with Gasteiger partial charge in [-0.05, 0) is 24.7 Å². The van der Waals surface area contributed by atoms with Gasteiger partial charge in [0.05, 0.1) is 6.61 Å². The van der Waals surface area contributed by atoms with E-state index in [1.807, 2.05) is 0 Å². The highest BCUT2D eigenvalue weighted by molar-refractivity contribution is 5.70. The average Bonchev–Trinajstić information content (AvgIpc) is 3.14. The van der Waals surface area contributed by atoms with Crippen molar-refractivity contribution < 1.29 is 24.2 Å². The Morgan fingerprint density at radius 3 is 0.870 bits per heavy atom. The summed E-state index contributed by atoms with van der Waals surface area (Å²) in [7, 11) is 0. The summed E-state index contributed by atoms with van der Waals surface area (Å²) in [5.74, 6) is 1.15. The summed E-state index contributed by atoms with van der Waals surface area (Å²) in [6.07, 6.45) is 47.6. The Balaban J connectivity index is 3.44. The highest BCUT2D eigenvalue weighted by Crippen LogP contribution is 2.18. The molecule has 0 rings (SSSR count). The van der Waals surface area contributed by atoms with Gasteiger partial charge in [0.15, 0.2) is 6.10 Å². The van der Waals surface area contributed by atoms with E-state index < -0.39 is 6.10 Å². The third-order valence-electron chi connectivity index (χ3n) is 11.3. The molecule has 0 spiro atoms. The molecule has 0 aliphatic rings. The predicted octanol–water partition coefficient (Wildman–Crippen LogP) is 15.6. The molecular weight excluding hydrogens is 669 g/mol. The van der Waals surface area contributed by atoms with Crippen molar-refractivity contribution in [1.29, 1.82) is 0 Å². The Hall–Kier alpha value is -1.10. The molecule has 5 nitrogen and oxygen atoms in total. The van der Waals surface area contributed by atoms with Crippen LogP contribution >= 0.6 is 0 Å². The molecule has 0 aromatic rings. The Morgan fingerprint density at radius 2 is 0.611 bits per heavy atom. The molecule has 0 saturated carbocycles. The highest BCUT2D eigenvalue weighted by atomic mass is 16.6. The second-order valence-corrected chi connectivity index (χ2v) is 17.9. The van der Waals surface area contributed by atoms with Crippen molar-refractivity contribution in [2.75, 3.05) is 13.2 Å². The first-order valence-corrected chi connectivity index (χ1v) is 24.3. The van der Waals surface area contributed by atoms with Gasteiger partial charge >= 0.3 is 11.9 Å². The van der Waals surface area contributed by atoms with Crippen molar-refractivity contribution in [3.8, 4) is 0 Å². The lowest BCUT2D eigenvalue weighted by molar-refractivity contribution is -0.161. The van der Waals surface area contributed by atoms with E-state index in [0.29, 0.717) is 12.8 Å². The maximum Gasteiger partial charge on any atom is 0.306 e. The molecular formula is C49H96O5. The molecule has 1 atom stereocenters. The summed E-state index contributed by atoms with van der Waals surface area (Å²) < 4.78 is 10.7. The second kappa shape index (κ2) is 43.0. The van der Waals surface area contributed by atoms with E-state index in [4.69, 9.17) is 9.47 Å². The Labute approximate surface area is 338 Å². The van der Waals surface area contributed by atoms with E-state index in [-0.39, 0.29) is 25.2 Å². The van der Waals surface area contributed by atoms with Gasteiger partial charge < -0.3 is 14.6 Å². The molecule has 0 radical (unpaired) electrons. The van der Waals surface area contributed by atoms with Gasteiger partial charge in [0, 0.05) is 12.8 Å². The average molecular weight is 765 g/mol. The minimum absolute atomic E-state index is 0.0572. The van der Waals surface area contributed by atoms with Crippen LogP contribution in [0.1, 0.15) is 272 Å². The molecule has 0 unspecified atom stereocenters. The fraction of sp³-hybridized carbons (Fsp3) is 0.959. The SMILES string of the molecule is CC(C)CCCCCCCCCCCCCCCCCCCCC(=O)OC[C@H](CO)OC(=O)CCCCCCCCCCCCCCCCCCC(C)C. The van der Waals surface area contributed by atoms with Crippen molar-refractivity contribution in [3.63, 3.8) is 0 Å². The molecule has 0 aliphatic carbocycles. The molecule has 0 bridgehead atoms. The number of esters is 2. The van der Waals surface area contributed by atoms with Crippen molar-refractivity contribution >= 4 is 11.9 Å². The van der Waals surface area contributed by atoms with Crippen LogP contribution in [0.15, 0.2) is 0 Å². The third kappa shape index (κ3) is 43.6. The van der Waals surface area contributed by atoms with Gasteiger partial charge in [-0.2, -0.15) is 0 Å².